The molecular formula is C23H26N2O3. The second-order valence-electron chi connectivity index (χ2n) is 6.76. The van der Waals surface area contributed by atoms with Crippen LogP contribution in [0.15, 0.2) is 65.4 Å². The number of hydrogen-bond donors (Lipinski definition) is 1. The molecule has 5 heteroatoms. The standard InChI is InChI=1S/C23H26N2O3/c1-4-17-10-12-18(13-11-17)20-15-21(19-8-6-7-9-22(19)26)25(24-20)16(3)14-23(27)28-5-2/h6-14,21,26H,4-5,15H2,1-3H3/b16-14+/t21-/m1/s1. The third kappa shape index (κ3) is 4.25. The zero-order valence-electron chi connectivity index (χ0n) is 16.6. The van der Waals surface area contributed by atoms with E-state index in [-0.39, 0.29) is 11.8 Å². The largest absolute Gasteiger partial charge is 0.508 e. The summed E-state index contributed by atoms with van der Waals surface area (Å²) in [6, 6.07) is 15.4. The van der Waals surface area contributed by atoms with Crippen molar-refractivity contribution < 1.29 is 14.6 Å². The number of phenolic OH excluding ortho intramolecular Hbond substituents is 1. The van der Waals surface area contributed by atoms with Crippen LogP contribution in [0.3, 0.4) is 0 Å². The number of para-hydroxylation sites is 1. The van der Waals surface area contributed by atoms with Gasteiger partial charge >= 0.3 is 5.97 Å². The Labute approximate surface area is 166 Å². The minimum absolute atomic E-state index is 0.187. The molecule has 0 spiro atoms. The van der Waals surface area contributed by atoms with Crippen LogP contribution in [0.5, 0.6) is 5.75 Å². The predicted octanol–water partition coefficient (Wildman–Crippen LogP) is 4.57. The first kappa shape index (κ1) is 19.7. The Morgan fingerprint density at radius 2 is 1.93 bits per heavy atom. The summed E-state index contributed by atoms with van der Waals surface area (Å²) >= 11 is 0. The van der Waals surface area contributed by atoms with Crippen LogP contribution in [-0.4, -0.2) is 28.4 Å². The highest BCUT2D eigenvalue weighted by atomic mass is 16.5. The van der Waals surface area contributed by atoms with E-state index >= 15 is 0 Å². The average Bonchev–Trinajstić information content (AvgIpc) is 3.14. The number of aryl methyl sites for hydroxylation is 1. The highest BCUT2D eigenvalue weighted by Gasteiger charge is 2.31. The SMILES string of the molecule is CCOC(=O)/C=C(\C)N1N=C(c2ccc(CC)cc2)C[C@@H]1c1ccccc1O. The number of allylic oxidation sites excluding steroid dienone is 1. The van der Waals surface area contributed by atoms with Crippen LogP contribution in [0.1, 0.15) is 49.9 Å². The first-order valence-electron chi connectivity index (χ1n) is 9.62. The van der Waals surface area contributed by atoms with E-state index in [1.165, 1.54) is 11.6 Å². The summed E-state index contributed by atoms with van der Waals surface area (Å²) in [4.78, 5) is 11.9. The van der Waals surface area contributed by atoms with Gasteiger partial charge in [0.25, 0.3) is 0 Å². The lowest BCUT2D eigenvalue weighted by Gasteiger charge is -2.24. The molecule has 0 aliphatic carbocycles. The van der Waals surface area contributed by atoms with Crippen molar-refractivity contribution in [1.82, 2.24) is 5.01 Å². The van der Waals surface area contributed by atoms with Gasteiger partial charge in [0.1, 0.15) is 5.75 Å². The lowest BCUT2D eigenvalue weighted by atomic mass is 9.97. The number of rotatable bonds is 6. The molecule has 3 rings (SSSR count). The highest BCUT2D eigenvalue weighted by molar-refractivity contribution is 6.02. The van der Waals surface area contributed by atoms with Crippen LogP contribution in [0, 0.1) is 0 Å². The Hall–Kier alpha value is -3.08. The van der Waals surface area contributed by atoms with Crippen molar-refractivity contribution in [2.24, 2.45) is 5.10 Å². The maximum absolute atomic E-state index is 11.9. The summed E-state index contributed by atoms with van der Waals surface area (Å²) in [6.07, 6.45) is 3.07. The average molecular weight is 378 g/mol. The number of benzene rings is 2. The number of carbonyl (C=O) groups is 1. The predicted molar refractivity (Wildman–Crippen MR) is 110 cm³/mol. The Bertz CT molecular complexity index is 900. The number of hydrogen-bond acceptors (Lipinski definition) is 5. The molecule has 0 amide bonds. The van der Waals surface area contributed by atoms with Crippen molar-refractivity contribution >= 4 is 11.7 Å². The molecule has 0 saturated heterocycles. The van der Waals surface area contributed by atoms with Gasteiger partial charge < -0.3 is 9.84 Å². The summed E-state index contributed by atoms with van der Waals surface area (Å²) in [5, 5.41) is 17.0. The summed E-state index contributed by atoms with van der Waals surface area (Å²) in [5.41, 5.74) is 4.70. The van der Waals surface area contributed by atoms with E-state index in [9.17, 15) is 9.90 Å². The number of carbonyl (C=O) groups excluding carboxylic acids is 1. The molecule has 1 heterocycles. The second-order valence-corrected chi connectivity index (χ2v) is 6.76. The molecule has 1 aliphatic heterocycles. The van der Waals surface area contributed by atoms with Crippen LogP contribution in [0.2, 0.25) is 0 Å². The minimum Gasteiger partial charge on any atom is -0.508 e. The third-order valence-electron chi connectivity index (χ3n) is 4.88. The van der Waals surface area contributed by atoms with Gasteiger partial charge in [0.05, 0.1) is 18.4 Å². The van der Waals surface area contributed by atoms with Gasteiger partial charge in [-0.25, -0.2) is 4.79 Å². The molecule has 28 heavy (non-hydrogen) atoms. The minimum atomic E-state index is -0.396. The molecular weight excluding hydrogens is 352 g/mol. The zero-order chi connectivity index (χ0) is 20.1. The molecule has 2 aromatic carbocycles. The summed E-state index contributed by atoms with van der Waals surface area (Å²) < 4.78 is 5.03. The van der Waals surface area contributed by atoms with Crippen LogP contribution in [-0.2, 0) is 16.0 Å². The van der Waals surface area contributed by atoms with Gasteiger partial charge in [0, 0.05) is 23.8 Å². The number of phenols is 1. The summed E-state index contributed by atoms with van der Waals surface area (Å²) in [6.45, 7) is 6.06. The molecule has 1 aliphatic rings. The Morgan fingerprint density at radius 3 is 2.57 bits per heavy atom. The molecule has 0 radical (unpaired) electrons. The Kier molecular flexibility index (Phi) is 6.14. The van der Waals surface area contributed by atoms with E-state index in [1.54, 1.807) is 24.1 Å². The van der Waals surface area contributed by atoms with Gasteiger partial charge in [-0.15, -0.1) is 0 Å². The van der Waals surface area contributed by atoms with Gasteiger partial charge in [0.2, 0.25) is 0 Å². The molecule has 5 nitrogen and oxygen atoms in total. The molecule has 146 valence electrons. The fraction of sp³-hybridized carbons (Fsp3) is 0.304. The van der Waals surface area contributed by atoms with Gasteiger partial charge in [-0.2, -0.15) is 5.10 Å². The first-order valence-corrected chi connectivity index (χ1v) is 9.62. The molecule has 0 fully saturated rings. The topological polar surface area (TPSA) is 62.1 Å². The number of hydrazone groups is 1. The van der Waals surface area contributed by atoms with Crippen LogP contribution < -0.4 is 0 Å². The smallest absolute Gasteiger partial charge is 0.332 e. The van der Waals surface area contributed by atoms with Gasteiger partial charge in [-0.05, 0) is 37.5 Å². The van der Waals surface area contributed by atoms with Crippen LogP contribution in [0.25, 0.3) is 0 Å². The van der Waals surface area contributed by atoms with E-state index in [2.05, 4.69) is 31.2 Å². The molecule has 0 unspecified atom stereocenters. The number of ether oxygens (including phenoxy) is 1. The van der Waals surface area contributed by atoms with E-state index in [0.717, 1.165) is 23.3 Å². The monoisotopic (exact) mass is 378 g/mol. The van der Waals surface area contributed by atoms with Crippen LogP contribution in [0.4, 0.5) is 0 Å². The fourth-order valence-electron chi connectivity index (χ4n) is 3.37. The van der Waals surface area contributed by atoms with Crippen molar-refractivity contribution in [3.05, 3.63) is 77.0 Å². The maximum atomic E-state index is 11.9. The number of esters is 1. The quantitative estimate of drug-likeness (QED) is 0.591. The Morgan fingerprint density at radius 1 is 1.21 bits per heavy atom. The van der Waals surface area contributed by atoms with Crippen molar-refractivity contribution in [2.75, 3.05) is 6.61 Å². The lowest BCUT2D eigenvalue weighted by molar-refractivity contribution is -0.137. The molecule has 1 atom stereocenters. The Balaban J connectivity index is 1.97. The van der Waals surface area contributed by atoms with Crippen LogP contribution >= 0.6 is 0 Å². The summed E-state index contributed by atoms with van der Waals surface area (Å²) in [7, 11) is 0. The van der Waals surface area contributed by atoms with E-state index in [1.807, 2.05) is 19.1 Å². The molecule has 2 aromatic rings. The normalized spacial score (nSPS) is 16.8. The van der Waals surface area contributed by atoms with Gasteiger partial charge in [0.15, 0.2) is 0 Å². The first-order chi connectivity index (χ1) is 13.5. The molecule has 0 aromatic heterocycles. The van der Waals surface area contributed by atoms with Crippen molar-refractivity contribution in [3.63, 3.8) is 0 Å². The van der Waals surface area contributed by atoms with E-state index in [0.29, 0.717) is 18.7 Å². The van der Waals surface area contributed by atoms with E-state index < -0.39 is 5.97 Å². The molecule has 0 bridgehead atoms. The second kappa shape index (κ2) is 8.74. The summed E-state index contributed by atoms with van der Waals surface area (Å²) in [5.74, 6) is -0.175. The third-order valence-corrected chi connectivity index (χ3v) is 4.88. The van der Waals surface area contributed by atoms with Crippen molar-refractivity contribution in [2.45, 2.75) is 39.7 Å². The number of aromatic hydroxyl groups is 1. The number of nitrogens with zero attached hydrogens (tertiary/aromatic N) is 2. The maximum Gasteiger partial charge on any atom is 0.332 e. The fourth-order valence-corrected chi connectivity index (χ4v) is 3.37. The van der Waals surface area contributed by atoms with Crippen molar-refractivity contribution in [1.29, 1.82) is 0 Å². The highest BCUT2D eigenvalue weighted by Crippen LogP contribution is 2.39. The zero-order valence-corrected chi connectivity index (χ0v) is 16.6. The lowest BCUT2D eigenvalue weighted by Crippen LogP contribution is -2.19. The molecule has 0 saturated carbocycles. The van der Waals surface area contributed by atoms with E-state index in [4.69, 9.17) is 9.84 Å². The molecule has 1 N–H and O–H groups in total. The van der Waals surface area contributed by atoms with Gasteiger partial charge in [-0.3, -0.25) is 5.01 Å². The van der Waals surface area contributed by atoms with Gasteiger partial charge in [-0.1, -0.05) is 49.4 Å². The van der Waals surface area contributed by atoms with Crippen molar-refractivity contribution in [3.8, 4) is 5.75 Å².